The Morgan fingerprint density at radius 2 is 1.86 bits per heavy atom. The van der Waals surface area contributed by atoms with Crippen LogP contribution in [0.1, 0.15) is 27.2 Å². The Balaban J connectivity index is 2.45. The van der Waals surface area contributed by atoms with E-state index < -0.39 is 30.3 Å². The summed E-state index contributed by atoms with van der Waals surface area (Å²) < 4.78 is 41.3. The molecule has 0 amide bonds. The zero-order chi connectivity index (χ0) is 11.1. The van der Waals surface area contributed by atoms with Crippen LogP contribution in [-0.4, -0.2) is 18.5 Å². The van der Waals surface area contributed by atoms with Crippen LogP contribution in [0.25, 0.3) is 0 Å². The van der Waals surface area contributed by atoms with E-state index in [2.05, 4.69) is 0 Å². The van der Waals surface area contributed by atoms with Crippen molar-refractivity contribution in [1.29, 1.82) is 0 Å². The predicted octanol–water partition coefficient (Wildman–Crippen LogP) is 2.57. The van der Waals surface area contributed by atoms with E-state index in [1.54, 1.807) is 20.8 Å². The minimum atomic E-state index is -4.88. The highest BCUT2D eigenvalue weighted by Crippen LogP contribution is 2.54. The molecule has 2 atom stereocenters. The molecule has 6 heteroatoms. The third-order valence-corrected chi connectivity index (χ3v) is 2.03. The van der Waals surface area contributed by atoms with Crippen molar-refractivity contribution in [1.82, 2.24) is 0 Å². The number of esters is 1. The number of halogens is 3. The van der Waals surface area contributed by atoms with Crippen molar-refractivity contribution in [2.24, 2.45) is 5.92 Å². The first kappa shape index (κ1) is 11.4. The fourth-order valence-electron chi connectivity index (χ4n) is 1.28. The van der Waals surface area contributed by atoms with Gasteiger partial charge in [-0.1, -0.05) is 12.2 Å². The van der Waals surface area contributed by atoms with E-state index in [4.69, 9.17) is 4.74 Å². The van der Waals surface area contributed by atoms with Gasteiger partial charge in [-0.15, -0.1) is 0 Å². The normalized spacial score (nSPS) is 27.3. The van der Waals surface area contributed by atoms with E-state index in [1.165, 1.54) is 0 Å². The van der Waals surface area contributed by atoms with Crippen LogP contribution in [0.2, 0.25) is 5.82 Å². The zero-order valence-corrected chi connectivity index (χ0v) is 8.39. The topological polar surface area (TPSA) is 26.3 Å². The molecule has 0 saturated heterocycles. The van der Waals surface area contributed by atoms with Gasteiger partial charge in [0.2, 0.25) is 0 Å². The summed E-state index contributed by atoms with van der Waals surface area (Å²) in [7, 11) is 0. The Hall–Kier alpha value is -0.675. The molecule has 0 aromatic rings. The average molecular weight is 209 g/mol. The quantitative estimate of drug-likeness (QED) is 0.516. The second kappa shape index (κ2) is 3.17. The molecule has 1 aliphatic rings. The maximum Gasteiger partial charge on any atom is 0.482 e. The molecule has 1 saturated carbocycles. The van der Waals surface area contributed by atoms with E-state index in [-0.39, 0.29) is 6.42 Å². The monoisotopic (exact) mass is 209 g/mol. The number of hydrogen-bond donors (Lipinski definition) is 0. The maximum atomic E-state index is 12.1. The van der Waals surface area contributed by atoms with Gasteiger partial charge in [-0.05, 0) is 20.8 Å². The Kier molecular flexibility index (Phi) is 2.58. The maximum absolute atomic E-state index is 12.1. The van der Waals surface area contributed by atoms with Crippen molar-refractivity contribution in [3.63, 3.8) is 0 Å². The highest BCUT2D eigenvalue weighted by atomic mass is 19.4. The first-order chi connectivity index (χ1) is 6.11. The van der Waals surface area contributed by atoms with Crippen LogP contribution in [0.4, 0.5) is 12.9 Å². The SMILES string of the molecule is CC(C)(C)OC(=O)[C@H]1C[C@@H]1[B-](F)(F)F. The summed E-state index contributed by atoms with van der Waals surface area (Å²) in [6.45, 7) is 0.0439. The summed E-state index contributed by atoms with van der Waals surface area (Å²) in [5, 5.41) is 0. The van der Waals surface area contributed by atoms with E-state index in [0.717, 1.165) is 0 Å². The van der Waals surface area contributed by atoms with Gasteiger partial charge < -0.3 is 17.7 Å². The van der Waals surface area contributed by atoms with E-state index in [9.17, 15) is 17.7 Å². The van der Waals surface area contributed by atoms with E-state index in [1.807, 2.05) is 0 Å². The standard InChI is InChI=1S/C8H13BF3O2/c1-8(2,3)14-7(13)5-4-6(5)9(10,11)12/h5-6H,4H2,1-3H3/q-1/t5-,6-/m0/s1. The Morgan fingerprint density at radius 3 is 2.14 bits per heavy atom. The summed E-state index contributed by atoms with van der Waals surface area (Å²) in [4.78, 5) is 11.2. The molecule has 1 rings (SSSR count). The number of ether oxygens (including phenoxy) is 1. The molecule has 0 aromatic heterocycles. The van der Waals surface area contributed by atoms with Crippen molar-refractivity contribution in [2.75, 3.05) is 0 Å². The second-order valence-electron chi connectivity index (χ2n) is 4.66. The van der Waals surface area contributed by atoms with Crippen molar-refractivity contribution >= 4 is 12.9 Å². The van der Waals surface area contributed by atoms with Crippen molar-refractivity contribution in [3.8, 4) is 0 Å². The van der Waals surface area contributed by atoms with Gasteiger partial charge in [0.05, 0.1) is 0 Å². The minimum absolute atomic E-state index is 0.0988. The van der Waals surface area contributed by atoms with Crippen molar-refractivity contribution in [2.45, 2.75) is 38.6 Å². The van der Waals surface area contributed by atoms with Crippen LogP contribution in [-0.2, 0) is 9.53 Å². The van der Waals surface area contributed by atoms with Crippen molar-refractivity contribution in [3.05, 3.63) is 0 Å². The summed E-state index contributed by atoms with van der Waals surface area (Å²) >= 11 is 0. The second-order valence-corrected chi connectivity index (χ2v) is 4.66. The molecule has 2 nitrogen and oxygen atoms in total. The van der Waals surface area contributed by atoms with Gasteiger partial charge in [-0.2, -0.15) is 0 Å². The minimum Gasteiger partial charge on any atom is -0.460 e. The Labute approximate surface area is 80.9 Å². The third kappa shape index (κ3) is 2.92. The Morgan fingerprint density at radius 1 is 1.36 bits per heavy atom. The van der Waals surface area contributed by atoms with Gasteiger partial charge >= 0.3 is 12.9 Å². The van der Waals surface area contributed by atoms with Gasteiger partial charge in [0.15, 0.2) is 0 Å². The predicted molar refractivity (Wildman–Crippen MR) is 46.8 cm³/mol. The molecule has 0 radical (unpaired) electrons. The summed E-state index contributed by atoms with van der Waals surface area (Å²) in [6, 6.07) is 0. The van der Waals surface area contributed by atoms with Crippen LogP contribution in [0.15, 0.2) is 0 Å². The van der Waals surface area contributed by atoms with Crippen LogP contribution >= 0.6 is 0 Å². The summed E-state index contributed by atoms with van der Waals surface area (Å²) in [6.07, 6.45) is -0.0988. The lowest BCUT2D eigenvalue weighted by atomic mass is 9.82. The molecule has 0 bridgehead atoms. The molecular weight excluding hydrogens is 196 g/mol. The molecular formula is C8H13BF3O2-. The summed E-state index contributed by atoms with van der Waals surface area (Å²) in [5.74, 6) is -3.10. The van der Waals surface area contributed by atoms with Gasteiger partial charge in [0, 0.05) is 5.92 Å². The third-order valence-electron chi connectivity index (χ3n) is 2.03. The number of hydrogen-bond acceptors (Lipinski definition) is 2. The molecule has 0 aromatic carbocycles. The molecule has 0 aliphatic heterocycles. The van der Waals surface area contributed by atoms with Crippen LogP contribution in [0.5, 0.6) is 0 Å². The Bertz CT molecular complexity index is 244. The fourth-order valence-corrected chi connectivity index (χ4v) is 1.28. The average Bonchev–Trinajstić information content (AvgIpc) is 2.55. The first-order valence-corrected chi connectivity index (χ1v) is 4.54. The van der Waals surface area contributed by atoms with E-state index in [0.29, 0.717) is 0 Å². The van der Waals surface area contributed by atoms with E-state index >= 15 is 0 Å². The fraction of sp³-hybridized carbons (Fsp3) is 0.875. The first-order valence-electron chi connectivity index (χ1n) is 4.54. The molecule has 14 heavy (non-hydrogen) atoms. The number of carbonyl (C=O) groups is 1. The zero-order valence-electron chi connectivity index (χ0n) is 8.39. The largest absolute Gasteiger partial charge is 0.482 e. The smallest absolute Gasteiger partial charge is 0.460 e. The van der Waals surface area contributed by atoms with Crippen LogP contribution in [0.3, 0.4) is 0 Å². The number of rotatable bonds is 2. The highest BCUT2D eigenvalue weighted by molar-refractivity contribution is 6.61. The van der Waals surface area contributed by atoms with Gasteiger partial charge in [0.25, 0.3) is 0 Å². The van der Waals surface area contributed by atoms with Crippen LogP contribution in [0, 0.1) is 5.92 Å². The lowest BCUT2D eigenvalue weighted by Gasteiger charge is -2.20. The molecule has 0 unspecified atom stereocenters. The molecule has 0 spiro atoms. The molecule has 1 aliphatic carbocycles. The molecule has 0 heterocycles. The summed E-state index contributed by atoms with van der Waals surface area (Å²) in [5.41, 5.74) is -0.706. The van der Waals surface area contributed by atoms with Gasteiger partial charge in [0.1, 0.15) is 5.60 Å². The van der Waals surface area contributed by atoms with Gasteiger partial charge in [-0.25, -0.2) is 0 Å². The van der Waals surface area contributed by atoms with Crippen molar-refractivity contribution < 1.29 is 22.5 Å². The molecule has 0 N–H and O–H groups in total. The van der Waals surface area contributed by atoms with Crippen LogP contribution < -0.4 is 0 Å². The highest BCUT2D eigenvalue weighted by Gasteiger charge is 2.55. The lowest BCUT2D eigenvalue weighted by molar-refractivity contribution is -0.156. The molecule has 82 valence electrons. The lowest BCUT2D eigenvalue weighted by Crippen LogP contribution is -2.26. The number of carbonyl (C=O) groups excluding carboxylic acids is 1. The molecule has 1 fully saturated rings. The van der Waals surface area contributed by atoms with Gasteiger partial charge in [-0.3, -0.25) is 4.79 Å².